The van der Waals surface area contributed by atoms with Gasteiger partial charge in [-0.05, 0) is 69.6 Å². The second-order valence-corrected chi connectivity index (χ2v) is 9.63. The Balaban J connectivity index is 1.30. The summed E-state index contributed by atoms with van der Waals surface area (Å²) in [5.41, 5.74) is 3.10. The Morgan fingerprint density at radius 1 is 1.00 bits per heavy atom. The Morgan fingerprint density at radius 3 is 2.44 bits per heavy atom. The van der Waals surface area contributed by atoms with Gasteiger partial charge in [0.1, 0.15) is 5.82 Å². The first-order valence-corrected chi connectivity index (χ1v) is 12.0. The maximum atomic E-state index is 12.3. The minimum Gasteiger partial charge on any atom is -0.362 e. The first-order chi connectivity index (χ1) is 15.4. The highest BCUT2D eigenvalue weighted by atomic mass is 35.5. The van der Waals surface area contributed by atoms with Gasteiger partial charge < -0.3 is 20.9 Å². The molecule has 1 fully saturated rings. The van der Waals surface area contributed by atoms with Crippen LogP contribution in [-0.2, 0) is 12.8 Å². The van der Waals surface area contributed by atoms with Crippen LogP contribution in [0.2, 0.25) is 10.0 Å². The number of anilines is 3. The summed E-state index contributed by atoms with van der Waals surface area (Å²) in [6, 6.07) is 5.26. The van der Waals surface area contributed by atoms with Crippen molar-refractivity contribution in [3.05, 3.63) is 39.5 Å². The van der Waals surface area contributed by atoms with Crippen LogP contribution >= 0.6 is 23.2 Å². The summed E-state index contributed by atoms with van der Waals surface area (Å²) in [5, 5.41) is 10.3. The number of hydrogen-bond acceptors (Lipinski definition) is 5. The minimum absolute atomic E-state index is 0.137. The highest BCUT2D eigenvalue weighted by molar-refractivity contribution is 6.42. The molecule has 2 amide bonds. The minimum atomic E-state index is -0.228. The molecule has 32 heavy (non-hydrogen) atoms. The number of amides is 2. The number of urea groups is 1. The van der Waals surface area contributed by atoms with Crippen LogP contribution in [0.15, 0.2) is 18.2 Å². The molecule has 0 radical (unpaired) electrons. The standard InChI is InChI=1S/C23H30Cl2N6O/c1-31(2)21-17-5-3-4-6-20(17)29-22(30-21)26-14-7-9-15(10-8-14)27-23(32)28-16-11-12-18(24)19(25)13-16/h11-15H,3-10H2,1-2H3,(H,26,29,30)(H2,27,28,32). The molecule has 0 saturated heterocycles. The van der Waals surface area contributed by atoms with Crippen LogP contribution in [0.25, 0.3) is 0 Å². The molecule has 0 atom stereocenters. The summed E-state index contributed by atoms with van der Waals surface area (Å²) in [6.45, 7) is 0. The molecule has 1 heterocycles. The summed E-state index contributed by atoms with van der Waals surface area (Å²) in [4.78, 5) is 24.1. The van der Waals surface area contributed by atoms with Crippen molar-refractivity contribution in [2.75, 3.05) is 29.6 Å². The Kier molecular flexibility index (Phi) is 7.26. The molecule has 2 aromatic rings. The lowest BCUT2D eigenvalue weighted by Crippen LogP contribution is -2.42. The summed E-state index contributed by atoms with van der Waals surface area (Å²) in [7, 11) is 4.09. The van der Waals surface area contributed by atoms with Crippen molar-refractivity contribution < 1.29 is 4.79 Å². The lowest BCUT2D eigenvalue weighted by Gasteiger charge is -2.30. The largest absolute Gasteiger partial charge is 0.362 e. The summed E-state index contributed by atoms with van der Waals surface area (Å²) in [5.74, 6) is 1.76. The number of nitrogens with one attached hydrogen (secondary N) is 3. The molecule has 0 unspecified atom stereocenters. The highest BCUT2D eigenvalue weighted by Gasteiger charge is 2.25. The quantitative estimate of drug-likeness (QED) is 0.547. The van der Waals surface area contributed by atoms with Crippen molar-refractivity contribution >= 4 is 46.7 Å². The van der Waals surface area contributed by atoms with Gasteiger partial charge in [-0.25, -0.2) is 9.78 Å². The zero-order valence-electron chi connectivity index (χ0n) is 18.5. The predicted molar refractivity (Wildman–Crippen MR) is 131 cm³/mol. The fourth-order valence-electron chi connectivity index (χ4n) is 4.50. The molecular weight excluding hydrogens is 447 g/mol. The van der Waals surface area contributed by atoms with Crippen molar-refractivity contribution in [3.8, 4) is 0 Å². The van der Waals surface area contributed by atoms with Gasteiger partial charge in [0, 0.05) is 37.4 Å². The van der Waals surface area contributed by atoms with E-state index in [1.807, 2.05) is 14.1 Å². The summed E-state index contributed by atoms with van der Waals surface area (Å²) >= 11 is 11.9. The lowest BCUT2D eigenvalue weighted by molar-refractivity contribution is 0.243. The van der Waals surface area contributed by atoms with Gasteiger partial charge in [0.05, 0.1) is 15.7 Å². The SMILES string of the molecule is CN(C)c1nc(NC2CCC(NC(=O)Nc3ccc(Cl)c(Cl)c3)CC2)nc2c1CCCC2. The molecule has 1 aromatic carbocycles. The topological polar surface area (TPSA) is 82.2 Å². The molecule has 4 rings (SSSR count). The Morgan fingerprint density at radius 2 is 1.72 bits per heavy atom. The Labute approximate surface area is 199 Å². The first kappa shape index (κ1) is 22.9. The van der Waals surface area contributed by atoms with Crippen molar-refractivity contribution in [3.63, 3.8) is 0 Å². The Hall–Kier alpha value is -2.25. The van der Waals surface area contributed by atoms with Gasteiger partial charge >= 0.3 is 6.03 Å². The molecule has 0 spiro atoms. The van der Waals surface area contributed by atoms with Crippen LogP contribution in [-0.4, -0.2) is 42.2 Å². The van der Waals surface area contributed by atoms with Gasteiger partial charge in [-0.15, -0.1) is 0 Å². The van der Waals surface area contributed by atoms with Gasteiger partial charge in [-0.2, -0.15) is 4.98 Å². The molecule has 3 N–H and O–H groups in total. The number of carbonyl (C=O) groups excluding carboxylic acids is 1. The fourth-order valence-corrected chi connectivity index (χ4v) is 4.80. The number of benzene rings is 1. The zero-order chi connectivity index (χ0) is 22.7. The van der Waals surface area contributed by atoms with E-state index in [0.29, 0.717) is 21.8 Å². The number of aryl methyl sites for hydroxylation is 1. The van der Waals surface area contributed by atoms with Crippen LogP contribution in [0.1, 0.15) is 49.8 Å². The van der Waals surface area contributed by atoms with E-state index in [-0.39, 0.29) is 12.1 Å². The van der Waals surface area contributed by atoms with Gasteiger partial charge in [0.25, 0.3) is 0 Å². The normalized spacial score (nSPS) is 20.2. The van der Waals surface area contributed by atoms with E-state index in [2.05, 4.69) is 20.9 Å². The van der Waals surface area contributed by atoms with E-state index >= 15 is 0 Å². The number of halogens is 2. The number of aromatic nitrogens is 2. The third-order valence-electron chi connectivity index (χ3n) is 6.16. The second kappa shape index (κ2) is 10.1. The Bertz CT molecular complexity index is 975. The molecule has 172 valence electrons. The fraction of sp³-hybridized carbons (Fsp3) is 0.522. The van der Waals surface area contributed by atoms with Crippen LogP contribution in [0, 0.1) is 0 Å². The smallest absolute Gasteiger partial charge is 0.319 e. The van der Waals surface area contributed by atoms with Crippen molar-refractivity contribution in [1.29, 1.82) is 0 Å². The molecule has 0 bridgehead atoms. The van der Waals surface area contributed by atoms with Crippen molar-refractivity contribution in [2.24, 2.45) is 0 Å². The predicted octanol–water partition coefficient (Wildman–Crippen LogP) is 5.27. The average molecular weight is 477 g/mol. The van der Waals surface area contributed by atoms with Gasteiger partial charge in [0.15, 0.2) is 0 Å². The van der Waals surface area contributed by atoms with Crippen LogP contribution in [0.4, 0.5) is 22.2 Å². The summed E-state index contributed by atoms with van der Waals surface area (Å²) < 4.78 is 0. The third kappa shape index (κ3) is 5.56. The van der Waals surface area contributed by atoms with Crippen LogP contribution in [0.5, 0.6) is 0 Å². The van der Waals surface area contributed by atoms with E-state index in [9.17, 15) is 4.79 Å². The zero-order valence-corrected chi connectivity index (χ0v) is 20.1. The van der Waals surface area contributed by atoms with Crippen LogP contribution in [0.3, 0.4) is 0 Å². The lowest BCUT2D eigenvalue weighted by atomic mass is 9.91. The van der Waals surface area contributed by atoms with Crippen molar-refractivity contribution in [2.45, 2.75) is 63.5 Å². The summed E-state index contributed by atoms with van der Waals surface area (Å²) in [6.07, 6.45) is 8.19. The first-order valence-electron chi connectivity index (χ1n) is 11.3. The molecule has 2 aliphatic rings. The number of rotatable bonds is 5. The highest BCUT2D eigenvalue weighted by Crippen LogP contribution is 2.29. The maximum Gasteiger partial charge on any atom is 0.319 e. The number of nitrogens with zero attached hydrogens (tertiary/aromatic N) is 3. The van der Waals surface area contributed by atoms with E-state index in [0.717, 1.165) is 50.3 Å². The molecular formula is C23H30Cl2N6O. The van der Waals surface area contributed by atoms with Gasteiger partial charge in [-0.1, -0.05) is 23.2 Å². The van der Waals surface area contributed by atoms with Gasteiger partial charge in [0.2, 0.25) is 5.95 Å². The van der Waals surface area contributed by atoms with Crippen molar-refractivity contribution in [1.82, 2.24) is 15.3 Å². The third-order valence-corrected chi connectivity index (χ3v) is 6.90. The van der Waals surface area contributed by atoms with E-state index in [4.69, 9.17) is 33.2 Å². The number of hydrogen-bond donors (Lipinski definition) is 3. The molecule has 2 aliphatic carbocycles. The molecule has 1 saturated carbocycles. The second-order valence-electron chi connectivity index (χ2n) is 8.82. The van der Waals surface area contributed by atoms with E-state index in [1.54, 1.807) is 18.2 Å². The number of carbonyl (C=O) groups is 1. The molecule has 0 aliphatic heterocycles. The van der Waals surface area contributed by atoms with E-state index < -0.39 is 0 Å². The van der Waals surface area contributed by atoms with Gasteiger partial charge in [-0.3, -0.25) is 0 Å². The number of fused-ring (bicyclic) bond motifs is 1. The van der Waals surface area contributed by atoms with E-state index in [1.165, 1.54) is 24.1 Å². The maximum absolute atomic E-state index is 12.3. The molecule has 9 heteroatoms. The molecule has 1 aromatic heterocycles. The monoisotopic (exact) mass is 476 g/mol. The average Bonchev–Trinajstić information content (AvgIpc) is 2.77. The van der Waals surface area contributed by atoms with Crippen LogP contribution < -0.4 is 20.9 Å². The molecule has 7 nitrogen and oxygen atoms in total.